The highest BCUT2D eigenvalue weighted by Crippen LogP contribution is 2.38. The van der Waals surface area contributed by atoms with Gasteiger partial charge < -0.3 is 10.8 Å². The molecule has 1 aliphatic carbocycles. The number of aliphatic hydroxyl groups excluding tert-OH is 1. The van der Waals surface area contributed by atoms with Crippen molar-refractivity contribution in [2.24, 2.45) is 11.1 Å². The van der Waals surface area contributed by atoms with Crippen molar-refractivity contribution >= 4 is 0 Å². The molecule has 0 heterocycles. The predicted molar refractivity (Wildman–Crippen MR) is 66.1 cm³/mol. The number of halogens is 1. The second kappa shape index (κ2) is 5.15. The first kappa shape index (κ1) is 12.5. The van der Waals surface area contributed by atoms with E-state index in [1.807, 2.05) is 6.07 Å². The highest BCUT2D eigenvalue weighted by molar-refractivity contribution is 5.19. The zero-order valence-corrected chi connectivity index (χ0v) is 10.0. The molecule has 2 nitrogen and oxygen atoms in total. The fraction of sp³-hybridized carbons (Fsp3) is 0.571. The highest BCUT2D eigenvalue weighted by atomic mass is 19.1. The quantitative estimate of drug-likeness (QED) is 0.847. The zero-order valence-electron chi connectivity index (χ0n) is 10.0. The van der Waals surface area contributed by atoms with Crippen LogP contribution in [0.3, 0.4) is 0 Å². The topological polar surface area (TPSA) is 46.2 Å². The second-order valence-electron chi connectivity index (χ2n) is 5.13. The van der Waals surface area contributed by atoms with Crippen LogP contribution in [0.25, 0.3) is 0 Å². The van der Waals surface area contributed by atoms with Crippen LogP contribution in [0.4, 0.5) is 4.39 Å². The van der Waals surface area contributed by atoms with Crippen molar-refractivity contribution in [3.05, 3.63) is 35.6 Å². The first-order chi connectivity index (χ1) is 8.16. The number of hydrogen-bond donors (Lipinski definition) is 2. The zero-order chi connectivity index (χ0) is 12.3. The molecule has 3 heteroatoms. The van der Waals surface area contributed by atoms with E-state index in [1.54, 1.807) is 12.1 Å². The molecule has 0 amide bonds. The Morgan fingerprint density at radius 3 is 2.88 bits per heavy atom. The molecule has 3 N–H and O–H groups in total. The maximum absolute atomic E-state index is 13.2. The molecular formula is C14H20FNO. The van der Waals surface area contributed by atoms with Crippen LogP contribution in [-0.4, -0.2) is 17.8 Å². The maximum atomic E-state index is 13.2. The Hall–Kier alpha value is -0.930. The Kier molecular flexibility index (Phi) is 3.79. The van der Waals surface area contributed by atoms with Gasteiger partial charge in [0.15, 0.2) is 0 Å². The fourth-order valence-electron chi connectivity index (χ4n) is 2.86. The third kappa shape index (κ3) is 2.67. The lowest BCUT2D eigenvalue weighted by molar-refractivity contribution is -0.00588. The molecule has 2 atom stereocenters. The normalized spacial score (nSPS) is 29.2. The summed E-state index contributed by atoms with van der Waals surface area (Å²) in [6, 6.07) is 6.60. The van der Waals surface area contributed by atoms with Crippen LogP contribution in [0.2, 0.25) is 0 Å². The Balaban J connectivity index is 2.18. The molecule has 0 aliphatic heterocycles. The van der Waals surface area contributed by atoms with Crippen LogP contribution in [0, 0.1) is 11.2 Å². The largest absolute Gasteiger partial charge is 0.392 e. The summed E-state index contributed by atoms with van der Waals surface area (Å²) in [6.07, 6.45) is 4.22. The highest BCUT2D eigenvalue weighted by Gasteiger charge is 2.38. The van der Waals surface area contributed by atoms with Gasteiger partial charge in [-0.15, -0.1) is 0 Å². The van der Waals surface area contributed by atoms with E-state index >= 15 is 0 Å². The van der Waals surface area contributed by atoms with Gasteiger partial charge in [0, 0.05) is 12.0 Å². The van der Waals surface area contributed by atoms with Gasteiger partial charge >= 0.3 is 0 Å². The molecule has 0 spiro atoms. The standard InChI is InChI=1S/C14H20FNO/c15-12-5-3-4-11(8-12)9-14(10-16)7-2-1-6-13(14)17/h3-5,8,13,17H,1-2,6-7,9-10,16H2. The third-order valence-electron chi connectivity index (χ3n) is 3.96. The number of rotatable bonds is 3. The van der Waals surface area contributed by atoms with Crippen molar-refractivity contribution in [2.45, 2.75) is 38.2 Å². The van der Waals surface area contributed by atoms with Crippen LogP contribution in [-0.2, 0) is 6.42 Å². The van der Waals surface area contributed by atoms with Gasteiger partial charge in [-0.2, -0.15) is 0 Å². The Bertz CT molecular complexity index is 382. The third-order valence-corrected chi connectivity index (χ3v) is 3.96. The lowest BCUT2D eigenvalue weighted by Crippen LogP contribution is -2.45. The van der Waals surface area contributed by atoms with Crippen molar-refractivity contribution in [3.8, 4) is 0 Å². The average molecular weight is 237 g/mol. The minimum absolute atomic E-state index is 0.222. The van der Waals surface area contributed by atoms with Gasteiger partial charge in [0.25, 0.3) is 0 Å². The maximum Gasteiger partial charge on any atom is 0.123 e. The van der Waals surface area contributed by atoms with Gasteiger partial charge in [-0.3, -0.25) is 0 Å². The molecule has 0 bridgehead atoms. The molecule has 2 unspecified atom stereocenters. The molecular weight excluding hydrogens is 217 g/mol. The Morgan fingerprint density at radius 1 is 1.41 bits per heavy atom. The fourth-order valence-corrected chi connectivity index (χ4v) is 2.86. The Labute approximate surface area is 102 Å². The molecule has 17 heavy (non-hydrogen) atoms. The summed E-state index contributed by atoms with van der Waals surface area (Å²) in [5.74, 6) is -0.222. The second-order valence-corrected chi connectivity index (χ2v) is 5.13. The van der Waals surface area contributed by atoms with Gasteiger partial charge in [-0.1, -0.05) is 25.0 Å². The average Bonchev–Trinajstić information content (AvgIpc) is 2.32. The van der Waals surface area contributed by atoms with Crippen LogP contribution >= 0.6 is 0 Å². The van der Waals surface area contributed by atoms with E-state index in [4.69, 9.17) is 5.73 Å². The summed E-state index contributed by atoms with van der Waals surface area (Å²) in [5, 5.41) is 10.2. The molecule has 0 radical (unpaired) electrons. The van der Waals surface area contributed by atoms with E-state index in [-0.39, 0.29) is 17.3 Å². The van der Waals surface area contributed by atoms with E-state index in [2.05, 4.69) is 0 Å². The number of aliphatic hydroxyl groups is 1. The molecule has 1 aromatic carbocycles. The summed E-state index contributed by atoms with van der Waals surface area (Å²) < 4.78 is 13.2. The van der Waals surface area contributed by atoms with Crippen LogP contribution in [0.5, 0.6) is 0 Å². The molecule has 94 valence electrons. The molecule has 0 saturated heterocycles. The lowest BCUT2D eigenvalue weighted by atomic mass is 9.68. The van der Waals surface area contributed by atoms with E-state index in [0.717, 1.165) is 31.2 Å². The summed E-state index contributed by atoms with van der Waals surface area (Å²) in [7, 11) is 0. The van der Waals surface area contributed by atoms with Crippen LogP contribution in [0.1, 0.15) is 31.2 Å². The van der Waals surface area contributed by atoms with Gasteiger partial charge in [-0.25, -0.2) is 4.39 Å². The molecule has 1 fully saturated rings. The molecule has 2 rings (SSSR count). The first-order valence-electron chi connectivity index (χ1n) is 6.29. The van der Waals surface area contributed by atoms with Gasteiger partial charge in [0.1, 0.15) is 5.82 Å². The van der Waals surface area contributed by atoms with Crippen molar-refractivity contribution in [3.63, 3.8) is 0 Å². The molecule has 1 saturated carbocycles. The van der Waals surface area contributed by atoms with E-state index in [9.17, 15) is 9.50 Å². The first-order valence-corrected chi connectivity index (χ1v) is 6.29. The number of benzene rings is 1. The van der Waals surface area contributed by atoms with Gasteiger partial charge in [0.05, 0.1) is 6.10 Å². The van der Waals surface area contributed by atoms with E-state index in [1.165, 1.54) is 6.07 Å². The smallest absolute Gasteiger partial charge is 0.123 e. The lowest BCUT2D eigenvalue weighted by Gasteiger charge is -2.41. The molecule has 1 aliphatic rings. The van der Waals surface area contributed by atoms with E-state index in [0.29, 0.717) is 13.0 Å². The summed E-state index contributed by atoms with van der Waals surface area (Å²) >= 11 is 0. The van der Waals surface area contributed by atoms with Crippen molar-refractivity contribution < 1.29 is 9.50 Å². The molecule has 0 aromatic heterocycles. The minimum atomic E-state index is -0.357. The monoisotopic (exact) mass is 237 g/mol. The SMILES string of the molecule is NCC1(Cc2cccc(F)c2)CCCCC1O. The summed E-state index contributed by atoms with van der Waals surface area (Å²) in [5.41, 5.74) is 6.53. The van der Waals surface area contributed by atoms with Gasteiger partial charge in [-0.05, 0) is 37.0 Å². The van der Waals surface area contributed by atoms with Gasteiger partial charge in [0.2, 0.25) is 0 Å². The predicted octanol–water partition coefficient (Wildman–Crippen LogP) is 2.25. The van der Waals surface area contributed by atoms with Crippen molar-refractivity contribution in [1.29, 1.82) is 0 Å². The van der Waals surface area contributed by atoms with Crippen LogP contribution in [0.15, 0.2) is 24.3 Å². The van der Waals surface area contributed by atoms with Crippen molar-refractivity contribution in [2.75, 3.05) is 6.54 Å². The molecule has 1 aromatic rings. The summed E-state index contributed by atoms with van der Waals surface area (Å²) in [6.45, 7) is 0.463. The van der Waals surface area contributed by atoms with Crippen molar-refractivity contribution in [1.82, 2.24) is 0 Å². The minimum Gasteiger partial charge on any atom is -0.392 e. The van der Waals surface area contributed by atoms with E-state index < -0.39 is 0 Å². The summed E-state index contributed by atoms with van der Waals surface area (Å²) in [4.78, 5) is 0. The number of hydrogen-bond acceptors (Lipinski definition) is 2. The number of nitrogens with two attached hydrogens (primary N) is 1. The van der Waals surface area contributed by atoms with Crippen LogP contribution < -0.4 is 5.73 Å². The Morgan fingerprint density at radius 2 is 2.24 bits per heavy atom.